The Kier molecular flexibility index (Phi) is 7.50. The molecule has 2 aromatic heterocycles. The highest BCUT2D eigenvalue weighted by Crippen LogP contribution is 2.19. The van der Waals surface area contributed by atoms with Gasteiger partial charge >= 0.3 is 0 Å². The number of hydrogen-bond donors (Lipinski definition) is 6. The van der Waals surface area contributed by atoms with Crippen LogP contribution in [0.5, 0.6) is 0 Å². The summed E-state index contributed by atoms with van der Waals surface area (Å²) in [6, 6.07) is 0. The zero-order chi connectivity index (χ0) is 15.8. The molecule has 2 heterocycles. The van der Waals surface area contributed by atoms with Gasteiger partial charge in [-0.05, 0) is 0 Å². The van der Waals surface area contributed by atoms with Gasteiger partial charge in [-0.1, -0.05) is 0 Å². The largest absolute Gasteiger partial charge is 0.756 e. The molecule has 0 amide bonds. The molecule has 0 aliphatic heterocycles. The van der Waals surface area contributed by atoms with Crippen LogP contribution >= 0.6 is 15.6 Å². The van der Waals surface area contributed by atoms with Gasteiger partial charge in [-0.15, -0.1) is 10.2 Å². The van der Waals surface area contributed by atoms with Crippen molar-refractivity contribution in [2.75, 3.05) is 0 Å². The first-order valence-corrected chi connectivity index (χ1v) is 7.65. The Morgan fingerprint density at radius 3 is 1.25 bits per heavy atom. The van der Waals surface area contributed by atoms with Crippen molar-refractivity contribution in [1.82, 2.24) is 10.2 Å². The van der Waals surface area contributed by atoms with Crippen LogP contribution in [0.25, 0.3) is 11.1 Å². The van der Waals surface area contributed by atoms with Gasteiger partial charge < -0.3 is 29.4 Å². The first-order chi connectivity index (χ1) is 8.97. The zero-order valence-electron chi connectivity index (χ0n) is 9.63. The maximum absolute atomic E-state index is 8.77. The Morgan fingerprint density at radius 1 is 0.850 bits per heavy atom. The number of aromatic amines is 4. The molecule has 0 saturated carbocycles. The standard InChI is InChI=1S/C6H6N4.2H3O4P/c1-5(2-8-7-1)6-3-9-10-4-6;2*1-5(2,3)4/h1-4H,(H,7,8)(H,9,10);2*(H3,1,2,3,4). The van der Waals surface area contributed by atoms with Crippen LogP contribution < -0.4 is 20.0 Å². The summed E-state index contributed by atoms with van der Waals surface area (Å²) in [7, 11) is -9.78. The molecule has 0 unspecified atom stereocenters. The third-order valence-corrected chi connectivity index (χ3v) is 1.41. The molecule has 0 atom stereocenters. The summed E-state index contributed by atoms with van der Waals surface area (Å²) < 4.78 is 17.5. The molecule has 2 rings (SSSR count). The van der Waals surface area contributed by atoms with Gasteiger partial charge in [0.2, 0.25) is 12.4 Å². The van der Waals surface area contributed by atoms with Crippen LogP contribution in [0, 0.1) is 0 Å². The van der Waals surface area contributed by atoms with Crippen LogP contribution in [-0.2, 0) is 9.13 Å². The van der Waals surface area contributed by atoms with E-state index in [1.54, 1.807) is 0 Å². The molecule has 114 valence electrons. The van der Waals surface area contributed by atoms with Crippen LogP contribution in [0.2, 0.25) is 0 Å². The molecule has 0 radical (unpaired) electrons. The minimum atomic E-state index is -4.89. The number of H-pyrrole nitrogens is 4. The van der Waals surface area contributed by atoms with E-state index in [-0.39, 0.29) is 0 Å². The monoisotopic (exact) mass is 330 g/mol. The number of rotatable bonds is 1. The Balaban J connectivity index is 0.000000310. The van der Waals surface area contributed by atoms with Crippen LogP contribution in [0.15, 0.2) is 24.8 Å². The highest BCUT2D eigenvalue weighted by molar-refractivity contribution is 7.43. The summed E-state index contributed by atoms with van der Waals surface area (Å²) in [5.41, 5.74) is 2.27. The van der Waals surface area contributed by atoms with Crippen molar-refractivity contribution in [3.8, 4) is 11.1 Å². The molecular weight excluding hydrogens is 318 g/mol. The second-order valence-corrected chi connectivity index (χ2v) is 5.01. The predicted molar refractivity (Wildman–Crippen MR) is 57.8 cm³/mol. The molecule has 0 saturated heterocycles. The highest BCUT2D eigenvalue weighted by Gasteiger charge is 2.03. The molecule has 2 aromatic rings. The number of phosphoric acid groups is 2. The molecule has 20 heavy (non-hydrogen) atoms. The highest BCUT2D eigenvalue weighted by atomic mass is 31.2. The van der Waals surface area contributed by atoms with Gasteiger partial charge in [0.25, 0.3) is 15.6 Å². The zero-order valence-corrected chi connectivity index (χ0v) is 11.4. The second kappa shape index (κ2) is 8.04. The molecule has 0 aliphatic rings. The molecule has 12 nitrogen and oxygen atoms in total. The average Bonchev–Trinajstić information content (AvgIpc) is 2.85. The van der Waals surface area contributed by atoms with Gasteiger partial charge in [-0.2, -0.15) is 10.2 Å². The number of aromatic nitrogens is 4. The fourth-order valence-corrected chi connectivity index (χ4v) is 0.894. The van der Waals surface area contributed by atoms with E-state index in [1.165, 1.54) is 0 Å². The summed E-state index contributed by atoms with van der Waals surface area (Å²) in [6.07, 6.45) is 7.60. The van der Waals surface area contributed by atoms with E-state index in [2.05, 4.69) is 20.4 Å². The molecule has 0 aliphatic carbocycles. The van der Waals surface area contributed by atoms with Gasteiger partial charge in [-0.25, -0.2) is 0 Å². The third-order valence-electron chi connectivity index (χ3n) is 1.41. The van der Waals surface area contributed by atoms with Crippen molar-refractivity contribution in [2.24, 2.45) is 0 Å². The predicted octanol–water partition coefficient (Wildman–Crippen LogP) is -3.48. The summed E-state index contributed by atoms with van der Waals surface area (Å²) >= 11 is 0. The van der Waals surface area contributed by atoms with Crippen LogP contribution in [-0.4, -0.2) is 29.8 Å². The summed E-state index contributed by atoms with van der Waals surface area (Å²) in [5.74, 6) is 0. The van der Waals surface area contributed by atoms with Gasteiger partial charge in [0.1, 0.15) is 0 Å². The number of nitrogens with one attached hydrogen (secondary N) is 4. The molecular formula is C6H12N4O8P2. The SMILES string of the molecule is O=P([O-])(O)O.O=P([O-])(O)O.c1[nH][nH+]cc1-c1c[nH][nH+]c1. The fourth-order valence-electron chi connectivity index (χ4n) is 0.894. The molecule has 0 aromatic carbocycles. The van der Waals surface area contributed by atoms with Crippen molar-refractivity contribution in [3.05, 3.63) is 24.8 Å². The maximum Gasteiger partial charge on any atom is 0.262 e. The maximum atomic E-state index is 8.77. The molecule has 0 bridgehead atoms. The smallest absolute Gasteiger partial charge is 0.262 e. The summed E-state index contributed by atoms with van der Waals surface area (Å²) in [5, 5.41) is 11.5. The van der Waals surface area contributed by atoms with E-state index in [1.807, 2.05) is 24.8 Å². The van der Waals surface area contributed by atoms with Crippen LogP contribution in [0.1, 0.15) is 0 Å². The van der Waals surface area contributed by atoms with Crippen molar-refractivity contribution >= 4 is 15.6 Å². The van der Waals surface area contributed by atoms with E-state index < -0.39 is 15.6 Å². The topological polar surface area (TPSA) is 221 Å². The van der Waals surface area contributed by atoms with E-state index in [0.717, 1.165) is 11.1 Å². The van der Waals surface area contributed by atoms with Crippen molar-refractivity contribution in [3.63, 3.8) is 0 Å². The van der Waals surface area contributed by atoms with Gasteiger partial charge in [0.05, 0.1) is 23.5 Å². The number of hydrogen-bond acceptors (Lipinski definition) is 4. The molecule has 8 N–H and O–H groups in total. The Hall–Kier alpha value is -1.36. The summed E-state index contributed by atoms with van der Waals surface area (Å²) in [4.78, 5) is 45.8. The average molecular weight is 330 g/mol. The van der Waals surface area contributed by atoms with Crippen molar-refractivity contribution in [1.29, 1.82) is 0 Å². The minimum Gasteiger partial charge on any atom is -0.756 e. The fraction of sp³-hybridized carbons (Fsp3) is 0. The van der Waals surface area contributed by atoms with Crippen molar-refractivity contribution in [2.45, 2.75) is 0 Å². The van der Waals surface area contributed by atoms with Crippen molar-refractivity contribution < 1.29 is 48.7 Å². The van der Waals surface area contributed by atoms with E-state index in [0.29, 0.717) is 0 Å². The molecule has 14 heteroatoms. The Bertz CT molecular complexity index is 489. The first kappa shape index (κ1) is 18.6. The van der Waals surface area contributed by atoms with Gasteiger partial charge in [0.15, 0.2) is 0 Å². The van der Waals surface area contributed by atoms with Gasteiger partial charge in [-0.3, -0.25) is 9.13 Å². The summed E-state index contributed by atoms with van der Waals surface area (Å²) in [6.45, 7) is 0. The third kappa shape index (κ3) is 14.7. The Labute approximate surface area is 111 Å². The van der Waals surface area contributed by atoms with E-state index in [9.17, 15) is 0 Å². The lowest BCUT2D eigenvalue weighted by Crippen LogP contribution is -1.96. The van der Waals surface area contributed by atoms with Crippen LogP contribution in [0.3, 0.4) is 0 Å². The lowest BCUT2D eigenvalue weighted by Gasteiger charge is -2.01. The van der Waals surface area contributed by atoms with Gasteiger partial charge in [0, 0.05) is 0 Å². The minimum absolute atomic E-state index is 1.14. The normalized spacial score (nSPS) is 10.9. The Morgan fingerprint density at radius 2 is 1.10 bits per heavy atom. The lowest BCUT2D eigenvalue weighted by molar-refractivity contribution is -0.449. The van der Waals surface area contributed by atoms with E-state index in [4.69, 9.17) is 38.5 Å². The van der Waals surface area contributed by atoms with E-state index >= 15 is 0 Å². The molecule has 0 spiro atoms. The quantitative estimate of drug-likeness (QED) is 0.287. The lowest BCUT2D eigenvalue weighted by atomic mass is 10.2. The second-order valence-electron chi connectivity index (χ2n) is 3.05. The first-order valence-electron chi connectivity index (χ1n) is 4.59. The molecule has 0 fully saturated rings. The van der Waals surface area contributed by atoms with Crippen LogP contribution in [0.4, 0.5) is 0 Å².